The third kappa shape index (κ3) is 7.72. The van der Waals surface area contributed by atoms with Crippen LogP contribution in [0, 0.1) is 0 Å². The third-order valence-electron chi connectivity index (χ3n) is 3.71. The van der Waals surface area contributed by atoms with E-state index in [0.29, 0.717) is 6.61 Å². The van der Waals surface area contributed by atoms with E-state index in [2.05, 4.69) is 25.7 Å². The Morgan fingerprint density at radius 2 is 1.17 bits per heavy atom. The summed E-state index contributed by atoms with van der Waals surface area (Å²) < 4.78 is 0. The Bertz CT molecular complexity index is 155. The number of likely N-dealkylation sites (tertiary alicyclic amines) is 2. The smallest absolute Gasteiger partial charge is 0.0558 e. The van der Waals surface area contributed by atoms with Gasteiger partial charge in [0.2, 0.25) is 0 Å². The molecule has 0 spiro atoms. The number of rotatable bonds is 4. The minimum absolute atomic E-state index is 0.319. The van der Waals surface area contributed by atoms with Gasteiger partial charge in [0, 0.05) is 18.4 Å². The fourth-order valence-electron chi connectivity index (χ4n) is 2.63. The molecule has 2 rings (SSSR count). The lowest BCUT2D eigenvalue weighted by molar-refractivity contribution is 0.173. The molecule has 4 heteroatoms. The Kier molecular flexibility index (Phi) is 10.2. The Labute approximate surface area is 121 Å². The van der Waals surface area contributed by atoms with Crippen molar-refractivity contribution in [1.82, 2.24) is 9.80 Å². The molecule has 2 heterocycles. The third-order valence-corrected chi connectivity index (χ3v) is 4.07. The molecule has 0 amide bonds. The van der Waals surface area contributed by atoms with E-state index < -0.39 is 0 Å². The van der Waals surface area contributed by atoms with Crippen LogP contribution < -0.4 is 0 Å². The van der Waals surface area contributed by atoms with Crippen molar-refractivity contribution >= 4 is 15.9 Å². The van der Waals surface area contributed by atoms with Gasteiger partial charge in [-0.1, -0.05) is 28.8 Å². The number of piperidine rings is 2. The highest BCUT2D eigenvalue weighted by Crippen LogP contribution is 2.08. The zero-order valence-corrected chi connectivity index (χ0v) is 13.2. The van der Waals surface area contributed by atoms with Gasteiger partial charge in [0.05, 0.1) is 6.61 Å². The fourth-order valence-corrected chi connectivity index (χ4v) is 3.13. The van der Waals surface area contributed by atoms with E-state index >= 15 is 0 Å². The van der Waals surface area contributed by atoms with Crippen molar-refractivity contribution in [2.75, 3.05) is 51.2 Å². The minimum Gasteiger partial charge on any atom is -0.395 e. The molecule has 0 aromatic heterocycles. The number of hydrogen-bond acceptors (Lipinski definition) is 3. The van der Waals surface area contributed by atoms with Crippen molar-refractivity contribution in [3.8, 4) is 0 Å². The first-order valence-electron chi connectivity index (χ1n) is 7.48. The highest BCUT2D eigenvalue weighted by atomic mass is 79.9. The molecule has 2 aliphatic heterocycles. The van der Waals surface area contributed by atoms with Crippen LogP contribution in [0.15, 0.2) is 0 Å². The fraction of sp³-hybridized carbons (Fsp3) is 1.00. The molecule has 108 valence electrons. The number of aliphatic hydroxyl groups is 1. The summed E-state index contributed by atoms with van der Waals surface area (Å²) in [7, 11) is 0. The first-order valence-corrected chi connectivity index (χ1v) is 8.60. The summed E-state index contributed by atoms with van der Waals surface area (Å²) in [6.45, 7) is 7.47. The van der Waals surface area contributed by atoms with Gasteiger partial charge in [-0.05, 0) is 51.9 Å². The van der Waals surface area contributed by atoms with Crippen LogP contribution in [-0.2, 0) is 0 Å². The molecule has 0 atom stereocenters. The average molecular weight is 321 g/mol. The summed E-state index contributed by atoms with van der Waals surface area (Å²) in [6.07, 6.45) is 8.28. The van der Waals surface area contributed by atoms with Gasteiger partial charge < -0.3 is 14.9 Å². The maximum atomic E-state index is 8.58. The van der Waals surface area contributed by atoms with Gasteiger partial charge in [-0.25, -0.2) is 0 Å². The van der Waals surface area contributed by atoms with Gasteiger partial charge in [0.25, 0.3) is 0 Å². The molecule has 0 saturated carbocycles. The van der Waals surface area contributed by atoms with Gasteiger partial charge in [-0.2, -0.15) is 0 Å². The standard InChI is InChI=1S/C7H14BrN.C7H15NO/c8-4-7-9-5-2-1-3-6-9;9-7-6-8-4-2-1-3-5-8/h1-7H2;9H,1-7H2. The van der Waals surface area contributed by atoms with E-state index in [1.807, 2.05) is 0 Å². The van der Waals surface area contributed by atoms with Crippen LogP contribution in [-0.4, -0.2) is 66.1 Å². The molecule has 2 aliphatic rings. The summed E-state index contributed by atoms with van der Waals surface area (Å²) in [5.74, 6) is 0. The van der Waals surface area contributed by atoms with Gasteiger partial charge in [-0.3, -0.25) is 0 Å². The van der Waals surface area contributed by atoms with E-state index in [-0.39, 0.29) is 0 Å². The van der Waals surface area contributed by atoms with Crippen LogP contribution in [0.5, 0.6) is 0 Å². The predicted octanol–water partition coefficient (Wildman–Crippen LogP) is 2.33. The molecule has 2 fully saturated rings. The van der Waals surface area contributed by atoms with Crippen LogP contribution in [0.1, 0.15) is 38.5 Å². The molecular formula is C14H29BrN2O. The van der Waals surface area contributed by atoms with E-state index in [0.717, 1.165) is 11.9 Å². The quantitative estimate of drug-likeness (QED) is 0.805. The highest BCUT2D eigenvalue weighted by Gasteiger charge is 2.08. The molecule has 2 saturated heterocycles. The summed E-state index contributed by atoms with van der Waals surface area (Å²) in [5.41, 5.74) is 0. The van der Waals surface area contributed by atoms with Crippen molar-refractivity contribution in [2.45, 2.75) is 38.5 Å². The van der Waals surface area contributed by atoms with Crippen LogP contribution >= 0.6 is 15.9 Å². The molecule has 1 N–H and O–H groups in total. The second-order valence-corrected chi connectivity index (χ2v) is 6.01. The summed E-state index contributed by atoms with van der Waals surface area (Å²) in [5, 5.41) is 9.71. The molecular weight excluding hydrogens is 292 g/mol. The van der Waals surface area contributed by atoms with Crippen LogP contribution in [0.4, 0.5) is 0 Å². The Morgan fingerprint density at radius 1 is 0.722 bits per heavy atom. The number of β-amino-alcohol motifs (C(OH)–C–C–N with tert-alkyl or cyclic N) is 1. The van der Waals surface area contributed by atoms with Crippen LogP contribution in [0.2, 0.25) is 0 Å². The van der Waals surface area contributed by atoms with Gasteiger partial charge >= 0.3 is 0 Å². The topological polar surface area (TPSA) is 26.7 Å². The summed E-state index contributed by atoms with van der Waals surface area (Å²) in [6, 6.07) is 0. The van der Waals surface area contributed by atoms with E-state index in [4.69, 9.17) is 5.11 Å². The lowest BCUT2D eigenvalue weighted by Crippen LogP contribution is -2.31. The molecule has 0 bridgehead atoms. The lowest BCUT2D eigenvalue weighted by Gasteiger charge is -2.25. The Morgan fingerprint density at radius 3 is 1.56 bits per heavy atom. The zero-order valence-electron chi connectivity index (χ0n) is 11.6. The molecule has 0 unspecified atom stereocenters. The van der Waals surface area contributed by atoms with Crippen molar-refractivity contribution in [3.05, 3.63) is 0 Å². The van der Waals surface area contributed by atoms with Crippen molar-refractivity contribution in [3.63, 3.8) is 0 Å². The van der Waals surface area contributed by atoms with E-state index in [9.17, 15) is 0 Å². The van der Waals surface area contributed by atoms with Gasteiger partial charge in [-0.15, -0.1) is 0 Å². The number of nitrogens with zero attached hydrogens (tertiary/aromatic N) is 2. The zero-order chi connectivity index (χ0) is 13.1. The van der Waals surface area contributed by atoms with Crippen molar-refractivity contribution in [2.24, 2.45) is 0 Å². The number of hydrogen-bond donors (Lipinski definition) is 1. The second kappa shape index (κ2) is 11.2. The highest BCUT2D eigenvalue weighted by molar-refractivity contribution is 9.09. The van der Waals surface area contributed by atoms with Crippen LogP contribution in [0.3, 0.4) is 0 Å². The van der Waals surface area contributed by atoms with E-state index in [1.165, 1.54) is 71.2 Å². The van der Waals surface area contributed by atoms with Crippen molar-refractivity contribution in [1.29, 1.82) is 0 Å². The van der Waals surface area contributed by atoms with E-state index in [1.54, 1.807) is 0 Å². The van der Waals surface area contributed by atoms with Gasteiger partial charge in [0.1, 0.15) is 0 Å². The second-order valence-electron chi connectivity index (χ2n) is 5.22. The lowest BCUT2D eigenvalue weighted by atomic mass is 10.1. The average Bonchev–Trinajstić information content (AvgIpc) is 2.43. The minimum atomic E-state index is 0.319. The van der Waals surface area contributed by atoms with Crippen molar-refractivity contribution < 1.29 is 5.11 Å². The normalized spacial score (nSPS) is 22.3. The number of aliphatic hydroxyl groups excluding tert-OH is 1. The Balaban J connectivity index is 0.000000180. The SMILES string of the molecule is BrCCN1CCCCC1.OCCN1CCCCC1. The molecule has 0 aliphatic carbocycles. The first-order chi connectivity index (χ1) is 8.86. The summed E-state index contributed by atoms with van der Waals surface area (Å²) >= 11 is 3.44. The molecule has 3 nitrogen and oxygen atoms in total. The first kappa shape index (κ1) is 16.4. The predicted molar refractivity (Wildman–Crippen MR) is 81.5 cm³/mol. The molecule has 0 radical (unpaired) electrons. The summed E-state index contributed by atoms with van der Waals surface area (Å²) in [4.78, 5) is 4.85. The number of alkyl halides is 1. The number of halogens is 1. The van der Waals surface area contributed by atoms with Crippen LogP contribution in [0.25, 0.3) is 0 Å². The molecule has 0 aromatic rings. The molecule has 18 heavy (non-hydrogen) atoms. The maximum Gasteiger partial charge on any atom is 0.0558 e. The molecule has 0 aromatic carbocycles. The largest absolute Gasteiger partial charge is 0.395 e. The van der Waals surface area contributed by atoms with Gasteiger partial charge in [0.15, 0.2) is 0 Å². The monoisotopic (exact) mass is 320 g/mol. The Hall–Kier alpha value is 0.360. The maximum absolute atomic E-state index is 8.58.